The molecule has 1 amide bonds. The van der Waals surface area contributed by atoms with Crippen LogP contribution < -0.4 is 9.47 Å². The van der Waals surface area contributed by atoms with Crippen molar-refractivity contribution in [3.8, 4) is 11.5 Å². The van der Waals surface area contributed by atoms with E-state index in [-0.39, 0.29) is 17.6 Å². The monoisotopic (exact) mass is 438 g/mol. The summed E-state index contributed by atoms with van der Waals surface area (Å²) in [6, 6.07) is 12.2. The summed E-state index contributed by atoms with van der Waals surface area (Å²) in [5.74, 6) is 1.03. The van der Waals surface area contributed by atoms with Crippen molar-refractivity contribution >= 4 is 22.9 Å². The lowest BCUT2D eigenvalue weighted by molar-refractivity contribution is -0.385. The molecule has 0 radical (unpaired) electrons. The van der Waals surface area contributed by atoms with E-state index >= 15 is 0 Å². The van der Waals surface area contributed by atoms with Gasteiger partial charge in [-0.25, -0.2) is 0 Å². The first-order chi connectivity index (χ1) is 15.0. The number of nitro groups is 1. The number of nitrogens with zero attached hydrogens (tertiary/aromatic N) is 2. The number of carbonyl (C=O) groups is 1. The molecule has 4 rings (SSSR count). The molecule has 0 bridgehead atoms. The molecule has 1 aliphatic rings. The average Bonchev–Trinajstić information content (AvgIpc) is 3.31. The van der Waals surface area contributed by atoms with Crippen molar-refractivity contribution in [2.24, 2.45) is 0 Å². The van der Waals surface area contributed by atoms with Gasteiger partial charge in [-0.2, -0.15) is 0 Å². The Labute approximate surface area is 184 Å². The molecule has 3 aromatic rings. The number of ether oxygens (including phenoxy) is 2. The molecule has 1 atom stereocenters. The number of thiophene rings is 1. The van der Waals surface area contributed by atoms with Crippen LogP contribution >= 0.6 is 11.3 Å². The minimum atomic E-state index is -0.453. The molecule has 2 aromatic carbocycles. The number of methoxy groups -OCH3 is 2. The zero-order valence-corrected chi connectivity index (χ0v) is 18.3. The average molecular weight is 439 g/mol. The van der Waals surface area contributed by atoms with E-state index in [1.165, 1.54) is 6.07 Å². The minimum absolute atomic E-state index is 0.0534. The fourth-order valence-electron chi connectivity index (χ4n) is 4.13. The van der Waals surface area contributed by atoms with E-state index in [2.05, 4.69) is 0 Å². The molecule has 1 aromatic heterocycles. The third-order valence-electron chi connectivity index (χ3n) is 5.68. The second kappa shape index (κ2) is 8.39. The van der Waals surface area contributed by atoms with Crippen LogP contribution in [0, 0.1) is 17.0 Å². The quantitative estimate of drug-likeness (QED) is 0.423. The Bertz CT molecular complexity index is 1140. The molecule has 0 fully saturated rings. The van der Waals surface area contributed by atoms with Gasteiger partial charge in [0.05, 0.1) is 25.2 Å². The van der Waals surface area contributed by atoms with Crippen molar-refractivity contribution in [1.82, 2.24) is 4.90 Å². The van der Waals surface area contributed by atoms with E-state index in [0.717, 1.165) is 16.0 Å². The highest BCUT2D eigenvalue weighted by atomic mass is 32.1. The number of nitro benzene ring substituents is 1. The molecule has 1 aliphatic heterocycles. The predicted molar refractivity (Wildman–Crippen MR) is 118 cm³/mol. The Morgan fingerprint density at radius 3 is 2.55 bits per heavy atom. The van der Waals surface area contributed by atoms with Gasteiger partial charge in [0.1, 0.15) is 0 Å². The summed E-state index contributed by atoms with van der Waals surface area (Å²) in [6.45, 7) is 2.11. The van der Waals surface area contributed by atoms with Crippen LogP contribution in [0.25, 0.3) is 0 Å². The van der Waals surface area contributed by atoms with Crippen LogP contribution in [0.1, 0.15) is 38.0 Å². The Morgan fingerprint density at radius 1 is 1.16 bits per heavy atom. The van der Waals surface area contributed by atoms with Crippen molar-refractivity contribution in [1.29, 1.82) is 0 Å². The molecule has 0 aliphatic carbocycles. The fourth-order valence-corrected chi connectivity index (χ4v) is 4.98. The summed E-state index contributed by atoms with van der Waals surface area (Å²) < 4.78 is 11.0. The smallest absolute Gasteiger partial charge is 0.273 e. The van der Waals surface area contributed by atoms with Crippen molar-refractivity contribution in [2.45, 2.75) is 19.4 Å². The molecule has 1 unspecified atom stereocenters. The summed E-state index contributed by atoms with van der Waals surface area (Å²) >= 11 is 1.57. The van der Waals surface area contributed by atoms with E-state index in [4.69, 9.17) is 9.47 Å². The van der Waals surface area contributed by atoms with Crippen LogP contribution in [0.5, 0.6) is 11.5 Å². The van der Waals surface area contributed by atoms with Gasteiger partial charge >= 0.3 is 0 Å². The van der Waals surface area contributed by atoms with Gasteiger partial charge in [-0.3, -0.25) is 14.9 Å². The Kier molecular flexibility index (Phi) is 5.65. The number of fused-ring (bicyclic) bond motifs is 1. The molecule has 8 heteroatoms. The number of rotatable bonds is 5. The summed E-state index contributed by atoms with van der Waals surface area (Å²) in [5, 5.41) is 13.4. The molecule has 0 saturated carbocycles. The van der Waals surface area contributed by atoms with E-state index < -0.39 is 4.92 Å². The molecule has 2 heterocycles. The molecular weight excluding hydrogens is 416 g/mol. The third kappa shape index (κ3) is 3.63. The van der Waals surface area contributed by atoms with Gasteiger partial charge in [0, 0.05) is 28.6 Å². The van der Waals surface area contributed by atoms with E-state index in [1.54, 1.807) is 49.5 Å². The number of carbonyl (C=O) groups excluding carboxylic acids is 1. The Balaban J connectivity index is 1.83. The second-order valence-electron chi connectivity index (χ2n) is 7.28. The SMILES string of the molecule is COc1cc2c(cc1OC)C(c1cccs1)N(C(=O)c1cccc([N+](=O)[O-])c1C)CC2. The maximum absolute atomic E-state index is 13.6. The summed E-state index contributed by atoms with van der Waals surface area (Å²) in [4.78, 5) is 27.4. The van der Waals surface area contributed by atoms with Crippen molar-refractivity contribution in [2.75, 3.05) is 20.8 Å². The van der Waals surface area contributed by atoms with E-state index in [0.29, 0.717) is 35.6 Å². The normalized spacial score (nSPS) is 15.3. The summed E-state index contributed by atoms with van der Waals surface area (Å²) in [6.07, 6.45) is 0.650. The lowest BCUT2D eigenvalue weighted by Crippen LogP contribution is -2.40. The van der Waals surface area contributed by atoms with Crippen LogP contribution in [0.15, 0.2) is 47.8 Å². The first kappa shape index (κ1) is 20.9. The molecular formula is C23H22N2O5S. The van der Waals surface area contributed by atoms with Gasteiger partial charge in [-0.15, -0.1) is 11.3 Å². The zero-order valence-electron chi connectivity index (χ0n) is 17.5. The van der Waals surface area contributed by atoms with Crippen molar-refractivity contribution in [3.05, 3.63) is 85.1 Å². The van der Waals surface area contributed by atoms with Crippen LogP contribution in [0.3, 0.4) is 0 Å². The molecule has 0 N–H and O–H groups in total. The second-order valence-corrected chi connectivity index (χ2v) is 8.26. The molecule has 31 heavy (non-hydrogen) atoms. The number of hydrogen-bond acceptors (Lipinski definition) is 6. The lowest BCUT2D eigenvalue weighted by atomic mass is 9.90. The van der Waals surface area contributed by atoms with Crippen LogP contribution in [-0.2, 0) is 6.42 Å². The maximum Gasteiger partial charge on any atom is 0.273 e. The minimum Gasteiger partial charge on any atom is -0.493 e. The molecule has 0 saturated heterocycles. The zero-order chi connectivity index (χ0) is 22.1. The standard InChI is InChI=1S/C23H22N2O5S/c1-14-16(6-4-7-18(14)25(27)28)23(26)24-10-9-15-12-19(29-2)20(30-3)13-17(15)22(24)21-8-5-11-31-21/h4-8,11-13,22H,9-10H2,1-3H3. The molecule has 0 spiro atoms. The number of hydrogen-bond donors (Lipinski definition) is 0. The summed E-state index contributed by atoms with van der Waals surface area (Å²) in [7, 11) is 3.19. The van der Waals surface area contributed by atoms with Crippen LogP contribution in [-0.4, -0.2) is 36.5 Å². The topological polar surface area (TPSA) is 81.9 Å². The number of amides is 1. The molecule has 7 nitrogen and oxygen atoms in total. The summed E-state index contributed by atoms with van der Waals surface area (Å²) in [5.41, 5.74) is 2.74. The number of benzene rings is 2. The highest BCUT2D eigenvalue weighted by Crippen LogP contribution is 2.43. The van der Waals surface area contributed by atoms with Gasteiger partial charge in [-0.1, -0.05) is 12.1 Å². The Morgan fingerprint density at radius 2 is 1.90 bits per heavy atom. The van der Waals surface area contributed by atoms with Gasteiger partial charge in [0.15, 0.2) is 11.5 Å². The van der Waals surface area contributed by atoms with Crippen molar-refractivity contribution < 1.29 is 19.2 Å². The van der Waals surface area contributed by atoms with E-state index in [9.17, 15) is 14.9 Å². The fraction of sp³-hybridized carbons (Fsp3) is 0.261. The maximum atomic E-state index is 13.6. The van der Waals surface area contributed by atoms with Crippen molar-refractivity contribution in [3.63, 3.8) is 0 Å². The Hall–Kier alpha value is -3.39. The molecule has 160 valence electrons. The highest BCUT2D eigenvalue weighted by Gasteiger charge is 2.35. The lowest BCUT2D eigenvalue weighted by Gasteiger charge is -2.37. The van der Waals surface area contributed by atoms with Crippen LogP contribution in [0.2, 0.25) is 0 Å². The van der Waals surface area contributed by atoms with Crippen LogP contribution in [0.4, 0.5) is 5.69 Å². The van der Waals surface area contributed by atoms with Gasteiger partial charge < -0.3 is 14.4 Å². The highest BCUT2D eigenvalue weighted by molar-refractivity contribution is 7.10. The first-order valence-electron chi connectivity index (χ1n) is 9.79. The largest absolute Gasteiger partial charge is 0.493 e. The van der Waals surface area contributed by atoms with E-state index in [1.807, 2.05) is 29.6 Å². The predicted octanol–water partition coefficient (Wildman–Crippen LogP) is 4.77. The van der Waals surface area contributed by atoms with Gasteiger partial charge in [0.25, 0.3) is 11.6 Å². The third-order valence-corrected chi connectivity index (χ3v) is 6.60. The van der Waals surface area contributed by atoms with Gasteiger partial charge in [0.2, 0.25) is 0 Å². The van der Waals surface area contributed by atoms with Gasteiger partial charge in [-0.05, 0) is 54.1 Å². The first-order valence-corrected chi connectivity index (χ1v) is 10.7.